The first-order valence-corrected chi connectivity index (χ1v) is 8.89. The van der Waals surface area contributed by atoms with Crippen LogP contribution in [0.5, 0.6) is 5.75 Å². The minimum absolute atomic E-state index is 0.0114. The van der Waals surface area contributed by atoms with Gasteiger partial charge in [-0.05, 0) is 43.7 Å². The predicted octanol–water partition coefficient (Wildman–Crippen LogP) is 3.18. The summed E-state index contributed by atoms with van der Waals surface area (Å²) < 4.78 is 25.6. The van der Waals surface area contributed by atoms with Crippen molar-refractivity contribution in [3.63, 3.8) is 0 Å². The van der Waals surface area contributed by atoms with Crippen molar-refractivity contribution in [2.45, 2.75) is 26.9 Å². The Bertz CT molecular complexity index is 1100. The van der Waals surface area contributed by atoms with Crippen molar-refractivity contribution in [2.75, 3.05) is 0 Å². The SMILES string of the molecule is Cc1c(CC(=O)[O-])c(=O)oc2c(C)c(OCc3ccc(Br)cc3F)ccc12. The van der Waals surface area contributed by atoms with E-state index in [0.717, 1.165) is 0 Å². The van der Waals surface area contributed by atoms with Gasteiger partial charge in [0, 0.05) is 38.9 Å². The molecule has 0 aliphatic carbocycles. The fourth-order valence-electron chi connectivity index (χ4n) is 2.87. The van der Waals surface area contributed by atoms with E-state index in [2.05, 4.69) is 15.9 Å². The lowest BCUT2D eigenvalue weighted by molar-refractivity contribution is -0.304. The van der Waals surface area contributed by atoms with Crippen molar-refractivity contribution in [1.29, 1.82) is 0 Å². The summed E-state index contributed by atoms with van der Waals surface area (Å²) in [4.78, 5) is 23.0. The molecule has 1 heterocycles. The van der Waals surface area contributed by atoms with E-state index in [1.807, 2.05) is 0 Å². The van der Waals surface area contributed by atoms with Crippen LogP contribution in [0.1, 0.15) is 22.3 Å². The molecule has 0 aliphatic heterocycles. The van der Waals surface area contributed by atoms with E-state index in [0.29, 0.717) is 37.9 Å². The van der Waals surface area contributed by atoms with Crippen LogP contribution < -0.4 is 15.5 Å². The summed E-state index contributed by atoms with van der Waals surface area (Å²) in [5.74, 6) is -1.30. The molecular weight excluding hydrogens is 419 g/mol. The molecule has 7 heteroatoms. The summed E-state index contributed by atoms with van der Waals surface area (Å²) in [6, 6.07) is 8.06. The Balaban J connectivity index is 1.97. The third-order valence-electron chi connectivity index (χ3n) is 4.37. The maximum absolute atomic E-state index is 13.9. The minimum Gasteiger partial charge on any atom is -0.550 e. The fraction of sp³-hybridized carbons (Fsp3) is 0.200. The second-order valence-corrected chi connectivity index (χ2v) is 7.05. The van der Waals surface area contributed by atoms with Crippen molar-refractivity contribution < 1.29 is 23.4 Å². The first kappa shape index (κ1) is 19.1. The van der Waals surface area contributed by atoms with Crippen LogP contribution in [0.3, 0.4) is 0 Å². The number of halogens is 2. The van der Waals surface area contributed by atoms with E-state index < -0.39 is 23.8 Å². The normalized spacial score (nSPS) is 11.0. The number of carbonyl (C=O) groups excluding carboxylic acids is 1. The van der Waals surface area contributed by atoms with Crippen LogP contribution in [0.25, 0.3) is 11.0 Å². The van der Waals surface area contributed by atoms with Crippen LogP contribution in [0, 0.1) is 19.7 Å². The molecule has 27 heavy (non-hydrogen) atoms. The molecule has 140 valence electrons. The highest BCUT2D eigenvalue weighted by atomic mass is 79.9. The molecule has 0 saturated heterocycles. The van der Waals surface area contributed by atoms with Gasteiger partial charge in [-0.3, -0.25) is 0 Å². The van der Waals surface area contributed by atoms with Gasteiger partial charge in [0.15, 0.2) is 0 Å². The number of carbonyl (C=O) groups is 1. The summed E-state index contributed by atoms with van der Waals surface area (Å²) in [7, 11) is 0. The van der Waals surface area contributed by atoms with Crippen LogP contribution in [-0.4, -0.2) is 5.97 Å². The second-order valence-electron chi connectivity index (χ2n) is 6.13. The molecule has 0 radical (unpaired) electrons. The quantitative estimate of drug-likeness (QED) is 0.577. The summed E-state index contributed by atoms with van der Waals surface area (Å²) in [6.07, 6.45) is -0.510. The zero-order chi connectivity index (χ0) is 19.7. The van der Waals surface area contributed by atoms with Gasteiger partial charge in [-0.25, -0.2) is 9.18 Å². The number of aliphatic carboxylic acids is 1. The highest BCUT2D eigenvalue weighted by Crippen LogP contribution is 2.30. The summed E-state index contributed by atoms with van der Waals surface area (Å²) in [6.45, 7) is 3.39. The van der Waals surface area contributed by atoms with Gasteiger partial charge >= 0.3 is 5.63 Å². The number of hydrogen-bond donors (Lipinski definition) is 0. The van der Waals surface area contributed by atoms with Crippen molar-refractivity contribution >= 4 is 32.9 Å². The molecule has 0 bridgehead atoms. The van der Waals surface area contributed by atoms with E-state index in [-0.39, 0.29) is 12.2 Å². The Labute approximate surface area is 162 Å². The van der Waals surface area contributed by atoms with Crippen molar-refractivity contribution in [3.8, 4) is 5.75 Å². The van der Waals surface area contributed by atoms with Gasteiger partial charge in [-0.2, -0.15) is 0 Å². The molecule has 0 saturated carbocycles. The highest BCUT2D eigenvalue weighted by Gasteiger charge is 2.15. The molecule has 0 atom stereocenters. The Kier molecular flexibility index (Phi) is 5.32. The predicted molar refractivity (Wildman–Crippen MR) is 99.1 cm³/mol. The van der Waals surface area contributed by atoms with E-state index in [4.69, 9.17) is 9.15 Å². The summed E-state index contributed by atoms with van der Waals surface area (Å²) >= 11 is 3.20. The highest BCUT2D eigenvalue weighted by molar-refractivity contribution is 9.10. The zero-order valence-corrected chi connectivity index (χ0v) is 16.2. The smallest absolute Gasteiger partial charge is 0.340 e. The Morgan fingerprint density at radius 1 is 1.22 bits per heavy atom. The molecular formula is C20H15BrFO5-. The van der Waals surface area contributed by atoms with Crippen LogP contribution >= 0.6 is 15.9 Å². The molecule has 0 fully saturated rings. The molecule has 0 N–H and O–H groups in total. The first-order valence-electron chi connectivity index (χ1n) is 8.10. The number of rotatable bonds is 5. The molecule has 5 nitrogen and oxygen atoms in total. The van der Waals surface area contributed by atoms with Gasteiger partial charge < -0.3 is 19.1 Å². The van der Waals surface area contributed by atoms with Crippen LogP contribution in [0.15, 0.2) is 44.0 Å². The molecule has 0 amide bonds. The number of benzene rings is 2. The van der Waals surface area contributed by atoms with E-state index in [9.17, 15) is 19.1 Å². The fourth-order valence-corrected chi connectivity index (χ4v) is 3.20. The van der Waals surface area contributed by atoms with E-state index in [1.165, 1.54) is 6.07 Å². The molecule has 3 aromatic rings. The van der Waals surface area contributed by atoms with Gasteiger partial charge in [0.2, 0.25) is 0 Å². The van der Waals surface area contributed by atoms with Crippen molar-refractivity contribution in [3.05, 3.63) is 73.3 Å². The summed E-state index contributed by atoms with van der Waals surface area (Å²) in [5.41, 5.74) is 1.15. The molecule has 2 aromatic carbocycles. The Hall–Kier alpha value is -2.67. The van der Waals surface area contributed by atoms with Gasteiger partial charge in [0.05, 0.1) is 0 Å². The van der Waals surface area contributed by atoms with Gasteiger partial charge in [0.1, 0.15) is 23.8 Å². The Morgan fingerprint density at radius 2 is 1.96 bits per heavy atom. The average Bonchev–Trinajstić information content (AvgIpc) is 2.60. The lowest BCUT2D eigenvalue weighted by Crippen LogP contribution is -2.27. The molecule has 0 aliphatic rings. The maximum atomic E-state index is 13.9. The molecule has 1 aromatic heterocycles. The lowest BCUT2D eigenvalue weighted by atomic mass is 10.0. The van der Waals surface area contributed by atoms with Crippen molar-refractivity contribution in [2.24, 2.45) is 0 Å². The van der Waals surface area contributed by atoms with Crippen LogP contribution in [0.4, 0.5) is 4.39 Å². The summed E-state index contributed by atoms with van der Waals surface area (Å²) in [5, 5.41) is 11.5. The third-order valence-corrected chi connectivity index (χ3v) is 4.87. The number of fused-ring (bicyclic) bond motifs is 1. The molecule has 0 unspecified atom stereocenters. The van der Waals surface area contributed by atoms with E-state index >= 15 is 0 Å². The topological polar surface area (TPSA) is 79.6 Å². The maximum Gasteiger partial charge on any atom is 0.340 e. The first-order chi connectivity index (χ1) is 12.8. The van der Waals surface area contributed by atoms with Gasteiger partial charge in [0.25, 0.3) is 0 Å². The second kappa shape index (κ2) is 7.52. The Morgan fingerprint density at radius 3 is 2.63 bits per heavy atom. The van der Waals surface area contributed by atoms with E-state index in [1.54, 1.807) is 38.1 Å². The van der Waals surface area contributed by atoms with Crippen molar-refractivity contribution in [1.82, 2.24) is 0 Å². The largest absolute Gasteiger partial charge is 0.550 e. The minimum atomic E-state index is -1.35. The monoisotopic (exact) mass is 433 g/mol. The molecule has 3 rings (SSSR count). The third kappa shape index (κ3) is 3.88. The van der Waals surface area contributed by atoms with Crippen LogP contribution in [-0.2, 0) is 17.8 Å². The zero-order valence-electron chi connectivity index (χ0n) is 14.6. The molecule has 0 spiro atoms. The number of hydrogen-bond acceptors (Lipinski definition) is 5. The average molecular weight is 434 g/mol. The van der Waals surface area contributed by atoms with Crippen LogP contribution in [0.2, 0.25) is 0 Å². The number of ether oxygens (including phenoxy) is 1. The standard InChI is InChI=1S/C20H16BrFO5/c1-10-14-5-6-17(26-9-12-3-4-13(21)7-16(12)22)11(2)19(14)27-20(25)15(10)8-18(23)24/h3-7H,8-9H2,1-2H3,(H,23,24)/p-1. The lowest BCUT2D eigenvalue weighted by Gasteiger charge is -2.14. The number of carboxylic acid groups (broad SMARTS) is 1. The van der Waals surface area contributed by atoms with Gasteiger partial charge in [-0.15, -0.1) is 0 Å². The van der Waals surface area contributed by atoms with Gasteiger partial charge in [-0.1, -0.05) is 22.0 Å². The number of carboxylic acids is 1. The number of aryl methyl sites for hydroxylation is 2.